The smallest absolute Gasteiger partial charge is 0.133 e. The number of benzene rings is 1. The van der Waals surface area contributed by atoms with E-state index in [0.29, 0.717) is 19.8 Å². The SMILES string of the molecule is COCCOCCOc1cc(F)c(C(C)C)c(F)c1. The fourth-order valence-corrected chi connectivity index (χ4v) is 1.66. The number of rotatable bonds is 8. The van der Waals surface area contributed by atoms with Crippen LogP contribution < -0.4 is 4.74 Å². The molecule has 1 rings (SSSR count). The molecule has 108 valence electrons. The van der Waals surface area contributed by atoms with E-state index in [9.17, 15) is 8.78 Å². The summed E-state index contributed by atoms with van der Waals surface area (Å²) in [5.41, 5.74) is 0.0868. The van der Waals surface area contributed by atoms with Crippen molar-refractivity contribution in [1.82, 2.24) is 0 Å². The number of hydrogen-bond donors (Lipinski definition) is 0. The molecule has 0 atom stereocenters. The molecule has 0 aliphatic carbocycles. The molecular formula is C14H20F2O3. The van der Waals surface area contributed by atoms with Crippen LogP contribution in [0.2, 0.25) is 0 Å². The Hall–Kier alpha value is -1.20. The number of hydrogen-bond acceptors (Lipinski definition) is 3. The third-order valence-corrected chi connectivity index (χ3v) is 2.56. The zero-order valence-electron chi connectivity index (χ0n) is 11.5. The van der Waals surface area contributed by atoms with Gasteiger partial charge in [0.1, 0.15) is 24.0 Å². The van der Waals surface area contributed by atoms with E-state index in [2.05, 4.69) is 0 Å². The third kappa shape index (κ3) is 5.12. The molecule has 0 radical (unpaired) electrons. The number of halogens is 2. The predicted molar refractivity (Wildman–Crippen MR) is 68.6 cm³/mol. The van der Waals surface area contributed by atoms with E-state index in [-0.39, 0.29) is 23.8 Å². The van der Waals surface area contributed by atoms with Crippen LogP contribution in [0.5, 0.6) is 5.75 Å². The molecule has 0 aliphatic heterocycles. The van der Waals surface area contributed by atoms with Gasteiger partial charge in [-0.3, -0.25) is 0 Å². The van der Waals surface area contributed by atoms with E-state index in [1.807, 2.05) is 0 Å². The second-order valence-electron chi connectivity index (χ2n) is 4.41. The van der Waals surface area contributed by atoms with Gasteiger partial charge in [0.05, 0.1) is 19.8 Å². The van der Waals surface area contributed by atoms with Gasteiger partial charge in [0.25, 0.3) is 0 Å². The number of methoxy groups -OCH3 is 1. The van der Waals surface area contributed by atoms with Crippen molar-refractivity contribution in [3.05, 3.63) is 29.3 Å². The zero-order valence-corrected chi connectivity index (χ0v) is 11.5. The Bertz CT molecular complexity index is 371. The van der Waals surface area contributed by atoms with Crippen LogP contribution in [0.3, 0.4) is 0 Å². The average molecular weight is 274 g/mol. The van der Waals surface area contributed by atoms with Crippen molar-refractivity contribution in [2.75, 3.05) is 33.5 Å². The predicted octanol–water partition coefficient (Wildman–Crippen LogP) is 3.13. The second kappa shape index (κ2) is 8.07. The minimum absolute atomic E-state index is 0.0868. The lowest BCUT2D eigenvalue weighted by atomic mass is 10.0. The molecule has 0 fully saturated rings. The van der Waals surface area contributed by atoms with Crippen LogP contribution in [-0.4, -0.2) is 33.5 Å². The molecule has 19 heavy (non-hydrogen) atoms. The van der Waals surface area contributed by atoms with Gasteiger partial charge in [0.15, 0.2) is 0 Å². The molecule has 0 bridgehead atoms. The molecule has 0 N–H and O–H groups in total. The summed E-state index contributed by atoms with van der Waals surface area (Å²) in [4.78, 5) is 0. The molecule has 0 saturated carbocycles. The first-order valence-corrected chi connectivity index (χ1v) is 6.24. The maximum Gasteiger partial charge on any atom is 0.133 e. The molecule has 0 heterocycles. The van der Waals surface area contributed by atoms with E-state index >= 15 is 0 Å². The summed E-state index contributed by atoms with van der Waals surface area (Å²) >= 11 is 0. The first kappa shape index (κ1) is 15.9. The van der Waals surface area contributed by atoms with Gasteiger partial charge < -0.3 is 14.2 Å². The van der Waals surface area contributed by atoms with Gasteiger partial charge in [-0.15, -0.1) is 0 Å². The summed E-state index contributed by atoms with van der Waals surface area (Å²) in [6.45, 7) is 5.04. The summed E-state index contributed by atoms with van der Waals surface area (Å²) < 4.78 is 42.6. The molecule has 5 heteroatoms. The van der Waals surface area contributed by atoms with Gasteiger partial charge in [0.2, 0.25) is 0 Å². The van der Waals surface area contributed by atoms with Crippen LogP contribution in [0, 0.1) is 11.6 Å². The summed E-state index contributed by atoms with van der Waals surface area (Å²) in [5.74, 6) is -1.18. The monoisotopic (exact) mass is 274 g/mol. The average Bonchev–Trinajstić information content (AvgIpc) is 2.32. The van der Waals surface area contributed by atoms with Crippen molar-refractivity contribution < 1.29 is 23.0 Å². The lowest BCUT2D eigenvalue weighted by Crippen LogP contribution is -2.10. The highest BCUT2D eigenvalue weighted by molar-refractivity contribution is 5.32. The van der Waals surface area contributed by atoms with Crippen molar-refractivity contribution in [2.24, 2.45) is 0 Å². The normalized spacial score (nSPS) is 11.1. The Kier molecular flexibility index (Phi) is 6.73. The van der Waals surface area contributed by atoms with Gasteiger partial charge in [0, 0.05) is 24.8 Å². The zero-order chi connectivity index (χ0) is 14.3. The maximum atomic E-state index is 13.7. The third-order valence-electron chi connectivity index (χ3n) is 2.56. The molecule has 1 aromatic carbocycles. The standard InChI is InChI=1S/C14H20F2O3/c1-10(2)14-12(15)8-11(9-13(14)16)19-7-6-18-5-4-17-3/h8-10H,4-7H2,1-3H3. The Labute approximate surface area is 112 Å². The fourth-order valence-electron chi connectivity index (χ4n) is 1.66. The van der Waals surface area contributed by atoms with Crippen LogP contribution in [0.1, 0.15) is 25.3 Å². The fraction of sp³-hybridized carbons (Fsp3) is 0.571. The van der Waals surface area contributed by atoms with Gasteiger partial charge in [-0.1, -0.05) is 13.8 Å². The second-order valence-corrected chi connectivity index (χ2v) is 4.41. The Morgan fingerprint density at radius 1 is 1.00 bits per heavy atom. The maximum absolute atomic E-state index is 13.7. The molecule has 0 saturated heterocycles. The van der Waals surface area contributed by atoms with E-state index < -0.39 is 11.6 Å². The highest BCUT2D eigenvalue weighted by atomic mass is 19.1. The molecule has 0 unspecified atom stereocenters. The van der Waals surface area contributed by atoms with E-state index in [4.69, 9.17) is 14.2 Å². The Morgan fingerprint density at radius 3 is 2.11 bits per heavy atom. The lowest BCUT2D eigenvalue weighted by Gasteiger charge is -2.12. The molecule has 0 spiro atoms. The summed E-state index contributed by atoms with van der Waals surface area (Å²) in [7, 11) is 1.59. The van der Waals surface area contributed by atoms with Crippen LogP contribution in [0.15, 0.2) is 12.1 Å². The topological polar surface area (TPSA) is 27.7 Å². The van der Waals surface area contributed by atoms with Crippen molar-refractivity contribution in [1.29, 1.82) is 0 Å². The quantitative estimate of drug-likeness (QED) is 0.682. The van der Waals surface area contributed by atoms with Crippen LogP contribution in [0.4, 0.5) is 8.78 Å². The molecule has 0 aliphatic rings. The van der Waals surface area contributed by atoms with Gasteiger partial charge >= 0.3 is 0 Å². The molecular weight excluding hydrogens is 254 g/mol. The minimum atomic E-state index is -0.578. The van der Waals surface area contributed by atoms with Crippen molar-refractivity contribution in [3.8, 4) is 5.75 Å². The largest absolute Gasteiger partial charge is 0.491 e. The highest BCUT2D eigenvalue weighted by Crippen LogP contribution is 2.26. The van der Waals surface area contributed by atoms with E-state index in [1.165, 1.54) is 12.1 Å². The molecule has 1 aromatic rings. The van der Waals surface area contributed by atoms with Crippen molar-refractivity contribution in [2.45, 2.75) is 19.8 Å². The lowest BCUT2D eigenvalue weighted by molar-refractivity contribution is 0.0543. The van der Waals surface area contributed by atoms with Gasteiger partial charge in [-0.05, 0) is 5.92 Å². The van der Waals surface area contributed by atoms with Crippen LogP contribution in [-0.2, 0) is 9.47 Å². The Morgan fingerprint density at radius 2 is 1.58 bits per heavy atom. The van der Waals surface area contributed by atoms with Crippen molar-refractivity contribution in [3.63, 3.8) is 0 Å². The van der Waals surface area contributed by atoms with E-state index in [1.54, 1.807) is 21.0 Å². The van der Waals surface area contributed by atoms with Gasteiger partial charge in [-0.25, -0.2) is 8.78 Å². The molecule has 3 nitrogen and oxygen atoms in total. The first-order chi connectivity index (χ1) is 9.06. The molecule has 0 amide bonds. The Balaban J connectivity index is 2.47. The summed E-state index contributed by atoms with van der Waals surface area (Å²) in [6.07, 6.45) is 0. The van der Waals surface area contributed by atoms with Crippen LogP contribution >= 0.6 is 0 Å². The van der Waals surface area contributed by atoms with Gasteiger partial charge in [-0.2, -0.15) is 0 Å². The van der Waals surface area contributed by atoms with Crippen LogP contribution in [0.25, 0.3) is 0 Å². The minimum Gasteiger partial charge on any atom is -0.491 e. The van der Waals surface area contributed by atoms with Crippen molar-refractivity contribution >= 4 is 0 Å². The first-order valence-electron chi connectivity index (χ1n) is 6.24. The highest BCUT2D eigenvalue weighted by Gasteiger charge is 2.14. The summed E-state index contributed by atoms with van der Waals surface area (Å²) in [5, 5.41) is 0. The molecule has 0 aromatic heterocycles. The summed E-state index contributed by atoms with van der Waals surface area (Å²) in [6, 6.07) is 2.40. The number of ether oxygens (including phenoxy) is 3. The van der Waals surface area contributed by atoms with E-state index in [0.717, 1.165) is 0 Å².